The summed E-state index contributed by atoms with van der Waals surface area (Å²) in [5, 5.41) is 1.30. The van der Waals surface area contributed by atoms with Gasteiger partial charge >= 0.3 is 0 Å². The first kappa shape index (κ1) is 17.4. The third-order valence-corrected chi connectivity index (χ3v) is 5.42. The van der Waals surface area contributed by atoms with Crippen LogP contribution in [0.15, 0.2) is 60.7 Å². The molecule has 0 aliphatic carbocycles. The van der Waals surface area contributed by atoms with E-state index < -0.39 is 0 Å². The molecule has 0 fully saturated rings. The van der Waals surface area contributed by atoms with Crippen LogP contribution in [0.25, 0.3) is 23.3 Å². The molecule has 0 saturated heterocycles. The fourth-order valence-electron chi connectivity index (χ4n) is 2.44. The maximum absolute atomic E-state index is 6.48. The summed E-state index contributed by atoms with van der Waals surface area (Å²) in [6.45, 7) is 0. The molecule has 0 heterocycles. The van der Waals surface area contributed by atoms with Gasteiger partial charge in [0.2, 0.25) is 0 Å². The van der Waals surface area contributed by atoms with Crippen molar-refractivity contribution in [2.24, 2.45) is 0 Å². The fraction of sp³-hybridized carbons (Fsp3) is 0. The molecule has 0 N–H and O–H groups in total. The third-order valence-electron chi connectivity index (χ3n) is 3.61. The highest BCUT2D eigenvalue weighted by molar-refractivity contribution is 6.53. The molecule has 3 aromatic rings. The number of rotatable bonds is 3. The zero-order chi connectivity index (χ0) is 17.1. The van der Waals surface area contributed by atoms with Crippen molar-refractivity contribution in [2.45, 2.75) is 0 Å². The quantitative estimate of drug-likeness (QED) is 0.239. The van der Waals surface area contributed by atoms with Crippen LogP contribution in [0.1, 0.15) is 11.1 Å². The molecular formula is C20H12Cl4. The molecule has 120 valence electrons. The van der Waals surface area contributed by atoms with E-state index in [2.05, 4.69) is 0 Å². The van der Waals surface area contributed by atoms with Gasteiger partial charge in [-0.05, 0) is 11.1 Å². The van der Waals surface area contributed by atoms with Gasteiger partial charge in [-0.25, -0.2) is 0 Å². The van der Waals surface area contributed by atoms with Crippen LogP contribution in [0.2, 0.25) is 20.1 Å². The molecule has 0 saturated carbocycles. The summed E-state index contributed by atoms with van der Waals surface area (Å²) in [5.74, 6) is 0. The van der Waals surface area contributed by atoms with Gasteiger partial charge in [-0.3, -0.25) is 0 Å². The molecule has 24 heavy (non-hydrogen) atoms. The van der Waals surface area contributed by atoms with E-state index in [1.165, 1.54) is 0 Å². The molecule has 0 atom stereocenters. The van der Waals surface area contributed by atoms with Crippen molar-refractivity contribution in [1.29, 1.82) is 0 Å². The van der Waals surface area contributed by atoms with Gasteiger partial charge in [-0.15, -0.1) is 0 Å². The Morgan fingerprint density at radius 3 is 1.71 bits per heavy atom. The van der Waals surface area contributed by atoms with E-state index in [0.717, 1.165) is 22.3 Å². The minimum Gasteiger partial charge on any atom is -0.0820 e. The van der Waals surface area contributed by atoms with E-state index >= 15 is 0 Å². The van der Waals surface area contributed by atoms with Crippen LogP contribution in [-0.4, -0.2) is 0 Å². The summed E-state index contributed by atoms with van der Waals surface area (Å²) in [6.07, 6.45) is 3.88. The van der Waals surface area contributed by atoms with Crippen LogP contribution in [0, 0.1) is 0 Å². The minimum absolute atomic E-state index is 0.260. The Balaban J connectivity index is 2.22. The van der Waals surface area contributed by atoms with Crippen molar-refractivity contribution < 1.29 is 0 Å². The summed E-state index contributed by atoms with van der Waals surface area (Å²) in [6, 6.07) is 19.7. The van der Waals surface area contributed by atoms with Crippen molar-refractivity contribution in [3.05, 3.63) is 91.9 Å². The summed E-state index contributed by atoms with van der Waals surface area (Å²) < 4.78 is 0. The Morgan fingerprint density at radius 1 is 0.542 bits per heavy atom. The first-order valence-electron chi connectivity index (χ1n) is 7.24. The maximum atomic E-state index is 6.48. The monoisotopic (exact) mass is 392 g/mol. The number of hydrogen-bond acceptors (Lipinski definition) is 0. The lowest BCUT2D eigenvalue weighted by molar-refractivity contribution is 1.58. The van der Waals surface area contributed by atoms with Crippen molar-refractivity contribution in [3.8, 4) is 11.1 Å². The van der Waals surface area contributed by atoms with E-state index in [9.17, 15) is 0 Å². The molecule has 0 aromatic heterocycles. The van der Waals surface area contributed by atoms with E-state index in [-0.39, 0.29) is 10.0 Å². The van der Waals surface area contributed by atoms with E-state index in [4.69, 9.17) is 46.4 Å². The zero-order valence-electron chi connectivity index (χ0n) is 12.4. The third kappa shape index (κ3) is 3.48. The second-order valence-electron chi connectivity index (χ2n) is 5.15. The van der Waals surface area contributed by atoms with Gasteiger partial charge in [0.15, 0.2) is 0 Å². The first-order valence-corrected chi connectivity index (χ1v) is 8.75. The van der Waals surface area contributed by atoms with Gasteiger partial charge in [0, 0.05) is 11.1 Å². The average molecular weight is 394 g/mol. The highest BCUT2D eigenvalue weighted by Gasteiger charge is 2.19. The second-order valence-corrected chi connectivity index (χ2v) is 6.67. The number of benzene rings is 3. The van der Waals surface area contributed by atoms with Crippen LogP contribution in [0.4, 0.5) is 0 Å². The highest BCUT2D eigenvalue weighted by Crippen LogP contribution is 2.46. The lowest BCUT2D eigenvalue weighted by Gasteiger charge is -2.14. The van der Waals surface area contributed by atoms with Crippen LogP contribution >= 0.6 is 46.4 Å². The van der Waals surface area contributed by atoms with Gasteiger partial charge in [0.1, 0.15) is 0 Å². The number of halogens is 4. The van der Waals surface area contributed by atoms with Crippen LogP contribution in [-0.2, 0) is 0 Å². The molecule has 0 aliphatic rings. The molecular weight excluding hydrogens is 382 g/mol. The standard InChI is InChI=1S/C20H12Cl4/c21-17-15(12-11-13-7-3-1-4-8-13)16(14-9-5-2-6-10-14)18(22)20(24)19(17)23/h1-12H/b12-11+. The molecule has 0 nitrogen and oxygen atoms in total. The van der Waals surface area contributed by atoms with Crippen molar-refractivity contribution in [2.75, 3.05) is 0 Å². The van der Waals surface area contributed by atoms with Crippen molar-refractivity contribution in [3.63, 3.8) is 0 Å². The van der Waals surface area contributed by atoms with Crippen LogP contribution in [0.3, 0.4) is 0 Å². The summed E-state index contributed by atoms with van der Waals surface area (Å²) >= 11 is 25.5. The van der Waals surface area contributed by atoms with Gasteiger partial charge in [0.25, 0.3) is 0 Å². The van der Waals surface area contributed by atoms with Crippen molar-refractivity contribution >= 4 is 58.6 Å². The van der Waals surface area contributed by atoms with Gasteiger partial charge in [-0.2, -0.15) is 0 Å². The van der Waals surface area contributed by atoms with Crippen molar-refractivity contribution in [1.82, 2.24) is 0 Å². The average Bonchev–Trinajstić information content (AvgIpc) is 2.63. The zero-order valence-corrected chi connectivity index (χ0v) is 15.5. The minimum atomic E-state index is 0.260. The highest BCUT2D eigenvalue weighted by atomic mass is 35.5. The Hall–Kier alpha value is -1.44. The largest absolute Gasteiger partial charge is 0.0820 e. The van der Waals surface area contributed by atoms with Gasteiger partial charge in [-0.1, -0.05) is 119 Å². The summed E-state index contributed by atoms with van der Waals surface area (Å²) in [7, 11) is 0. The lowest BCUT2D eigenvalue weighted by Crippen LogP contribution is -1.90. The Morgan fingerprint density at radius 2 is 1.08 bits per heavy atom. The summed E-state index contributed by atoms with van der Waals surface area (Å²) in [4.78, 5) is 0. The smallest absolute Gasteiger partial charge is 0.0800 e. The van der Waals surface area contributed by atoms with Crippen LogP contribution < -0.4 is 0 Å². The Kier molecular flexibility index (Phi) is 5.53. The predicted octanol–water partition coefficient (Wildman–Crippen LogP) is 8.14. The van der Waals surface area contributed by atoms with E-state index in [1.54, 1.807) is 0 Å². The van der Waals surface area contributed by atoms with E-state index in [0.29, 0.717) is 10.0 Å². The van der Waals surface area contributed by atoms with Gasteiger partial charge < -0.3 is 0 Å². The Bertz CT molecular complexity index is 885. The van der Waals surface area contributed by atoms with Crippen LogP contribution in [0.5, 0.6) is 0 Å². The van der Waals surface area contributed by atoms with Gasteiger partial charge in [0.05, 0.1) is 20.1 Å². The molecule has 0 aliphatic heterocycles. The molecule has 0 bridgehead atoms. The molecule has 0 unspecified atom stereocenters. The predicted molar refractivity (Wildman–Crippen MR) is 107 cm³/mol. The second kappa shape index (κ2) is 7.63. The molecule has 0 spiro atoms. The normalized spacial score (nSPS) is 11.2. The Labute approximate surface area is 161 Å². The molecule has 4 heteroatoms. The SMILES string of the molecule is Clc1c(Cl)c(Cl)c(-c2ccccc2)c(/C=C/c2ccccc2)c1Cl. The maximum Gasteiger partial charge on any atom is 0.0800 e. The first-order chi connectivity index (χ1) is 11.6. The lowest BCUT2D eigenvalue weighted by atomic mass is 9.98. The molecule has 0 radical (unpaired) electrons. The molecule has 0 amide bonds. The molecule has 3 rings (SSSR count). The van der Waals surface area contributed by atoms with E-state index in [1.807, 2.05) is 72.8 Å². The summed E-state index contributed by atoms with van der Waals surface area (Å²) in [5.41, 5.74) is 3.49. The fourth-order valence-corrected chi connectivity index (χ4v) is 3.48. The topological polar surface area (TPSA) is 0 Å². The number of hydrogen-bond donors (Lipinski definition) is 0. The molecule has 3 aromatic carbocycles.